The van der Waals surface area contributed by atoms with E-state index >= 15 is 0 Å². The summed E-state index contributed by atoms with van der Waals surface area (Å²) in [6.07, 6.45) is 0. The third-order valence-corrected chi connectivity index (χ3v) is 5.87. The van der Waals surface area contributed by atoms with Gasteiger partial charge in [0.25, 0.3) is 0 Å². The zero-order valence-electron chi connectivity index (χ0n) is 15.3. The number of ether oxygens (including phenoxy) is 2. The quantitative estimate of drug-likeness (QED) is 0.538. The van der Waals surface area contributed by atoms with Gasteiger partial charge in [0.2, 0.25) is 6.79 Å². The lowest BCUT2D eigenvalue weighted by Crippen LogP contribution is -2.34. The summed E-state index contributed by atoms with van der Waals surface area (Å²) >= 11 is 0. The molecule has 2 aliphatic heterocycles. The van der Waals surface area contributed by atoms with E-state index in [0.29, 0.717) is 12.7 Å². The van der Waals surface area contributed by atoms with Crippen molar-refractivity contribution in [2.24, 2.45) is 0 Å². The number of hydrogen-bond donors (Lipinski definition) is 2. The summed E-state index contributed by atoms with van der Waals surface area (Å²) in [5.41, 5.74) is 6.33. The number of fused-ring (bicyclic) bond motifs is 4. The van der Waals surface area contributed by atoms with Crippen molar-refractivity contribution in [1.82, 2.24) is 10.3 Å². The largest absolute Gasteiger partial charge is 0.454 e. The molecule has 2 aliphatic rings. The molecule has 4 aromatic rings. The number of aromatic nitrogens is 1. The average Bonchev–Trinajstić information content (AvgIpc) is 3.38. The van der Waals surface area contributed by atoms with Gasteiger partial charge in [0.15, 0.2) is 11.5 Å². The lowest BCUT2D eigenvalue weighted by atomic mass is 9.83. The number of nitrogens with one attached hydrogen (secondary N) is 2. The number of benzene rings is 3. The average molecular weight is 368 g/mol. The second-order valence-corrected chi connectivity index (χ2v) is 7.42. The minimum absolute atomic E-state index is 0.0943. The predicted octanol–water partition coefficient (Wildman–Crippen LogP) is 4.72. The fourth-order valence-electron chi connectivity index (χ4n) is 4.57. The molecule has 0 spiro atoms. The standard InChI is InChI=1S/C24H20N2O2/c1-2-6-15(7-3-1)18-13-25-23(16-10-11-20-21(12-16)28-14-27-20)24-22(18)17-8-4-5-9-19(17)26-24/h1-12,18,23,25-26H,13-14H2/t18-,23-/m0/s1. The van der Waals surface area contributed by atoms with Crippen molar-refractivity contribution in [3.63, 3.8) is 0 Å². The maximum absolute atomic E-state index is 5.61. The summed E-state index contributed by atoms with van der Waals surface area (Å²) in [6, 6.07) is 25.7. The number of hydrogen-bond acceptors (Lipinski definition) is 3. The molecule has 4 nitrogen and oxygen atoms in total. The molecule has 0 bridgehead atoms. The van der Waals surface area contributed by atoms with E-state index in [9.17, 15) is 0 Å². The Kier molecular flexibility index (Phi) is 3.46. The Hall–Kier alpha value is -3.24. The second kappa shape index (κ2) is 6.14. The zero-order chi connectivity index (χ0) is 18.5. The Morgan fingerprint density at radius 3 is 2.54 bits per heavy atom. The third kappa shape index (κ3) is 2.35. The van der Waals surface area contributed by atoms with Crippen molar-refractivity contribution in [2.75, 3.05) is 13.3 Å². The topological polar surface area (TPSA) is 46.3 Å². The lowest BCUT2D eigenvalue weighted by molar-refractivity contribution is 0.174. The van der Waals surface area contributed by atoms with E-state index in [-0.39, 0.29) is 6.04 Å². The van der Waals surface area contributed by atoms with Crippen molar-refractivity contribution in [3.8, 4) is 11.5 Å². The van der Waals surface area contributed by atoms with Gasteiger partial charge in [0, 0.05) is 29.1 Å². The molecule has 2 atom stereocenters. The van der Waals surface area contributed by atoms with Crippen LogP contribution in [0.1, 0.15) is 34.3 Å². The van der Waals surface area contributed by atoms with Gasteiger partial charge in [-0.25, -0.2) is 0 Å². The summed E-state index contributed by atoms with van der Waals surface area (Å²) in [7, 11) is 0. The fourth-order valence-corrected chi connectivity index (χ4v) is 4.57. The molecule has 1 aromatic heterocycles. The summed E-state index contributed by atoms with van der Waals surface area (Å²) in [5, 5.41) is 5.07. The molecule has 0 aliphatic carbocycles. The predicted molar refractivity (Wildman–Crippen MR) is 109 cm³/mol. The van der Waals surface area contributed by atoms with Gasteiger partial charge >= 0.3 is 0 Å². The van der Waals surface area contributed by atoms with E-state index in [2.05, 4.69) is 77.0 Å². The van der Waals surface area contributed by atoms with Gasteiger partial charge in [-0.15, -0.1) is 0 Å². The van der Waals surface area contributed by atoms with E-state index in [1.807, 2.05) is 6.07 Å². The molecular weight excluding hydrogens is 348 g/mol. The molecule has 2 N–H and O–H groups in total. The molecule has 0 radical (unpaired) electrons. The van der Waals surface area contributed by atoms with Gasteiger partial charge in [-0.3, -0.25) is 0 Å². The van der Waals surface area contributed by atoms with Crippen LogP contribution in [0.25, 0.3) is 10.9 Å². The zero-order valence-corrected chi connectivity index (χ0v) is 15.3. The maximum atomic E-state index is 5.61. The first-order valence-electron chi connectivity index (χ1n) is 9.67. The number of para-hydroxylation sites is 1. The van der Waals surface area contributed by atoms with E-state index in [1.54, 1.807) is 0 Å². The van der Waals surface area contributed by atoms with Crippen molar-refractivity contribution in [1.29, 1.82) is 0 Å². The molecule has 138 valence electrons. The smallest absolute Gasteiger partial charge is 0.231 e. The van der Waals surface area contributed by atoms with Crippen LogP contribution in [0.3, 0.4) is 0 Å². The molecule has 3 heterocycles. The van der Waals surface area contributed by atoms with Crippen LogP contribution >= 0.6 is 0 Å². The molecule has 0 amide bonds. The van der Waals surface area contributed by atoms with E-state index in [4.69, 9.17) is 9.47 Å². The van der Waals surface area contributed by atoms with Gasteiger partial charge in [0.05, 0.1) is 6.04 Å². The van der Waals surface area contributed by atoms with Gasteiger partial charge in [0.1, 0.15) is 0 Å². The molecular formula is C24H20N2O2. The molecule has 3 aromatic carbocycles. The highest BCUT2D eigenvalue weighted by Crippen LogP contribution is 2.43. The normalized spacial score (nSPS) is 20.3. The summed E-state index contributed by atoms with van der Waals surface area (Å²) in [5.74, 6) is 1.96. The van der Waals surface area contributed by atoms with E-state index in [0.717, 1.165) is 18.0 Å². The van der Waals surface area contributed by atoms with Crippen LogP contribution < -0.4 is 14.8 Å². The highest BCUT2D eigenvalue weighted by Gasteiger charge is 2.32. The van der Waals surface area contributed by atoms with Gasteiger partial charge in [-0.05, 0) is 34.9 Å². The molecule has 6 rings (SSSR count). The Bertz CT molecular complexity index is 1170. The number of H-pyrrole nitrogens is 1. The Labute approximate surface area is 163 Å². The first kappa shape index (κ1) is 15.8. The van der Waals surface area contributed by atoms with Crippen LogP contribution in [-0.2, 0) is 0 Å². The summed E-state index contributed by atoms with van der Waals surface area (Å²) in [4.78, 5) is 3.70. The van der Waals surface area contributed by atoms with E-state index in [1.165, 1.54) is 33.3 Å². The first-order chi connectivity index (χ1) is 13.9. The molecule has 0 saturated heterocycles. The van der Waals surface area contributed by atoms with Crippen LogP contribution in [0.5, 0.6) is 11.5 Å². The van der Waals surface area contributed by atoms with Gasteiger partial charge in [-0.1, -0.05) is 54.6 Å². The Morgan fingerprint density at radius 2 is 1.61 bits per heavy atom. The summed E-state index contributed by atoms with van der Waals surface area (Å²) < 4.78 is 11.1. The van der Waals surface area contributed by atoms with Crippen molar-refractivity contribution < 1.29 is 9.47 Å². The van der Waals surface area contributed by atoms with Crippen molar-refractivity contribution in [3.05, 3.63) is 95.2 Å². The van der Waals surface area contributed by atoms with Crippen molar-refractivity contribution >= 4 is 10.9 Å². The summed E-state index contributed by atoms with van der Waals surface area (Å²) in [6.45, 7) is 1.18. The monoisotopic (exact) mass is 368 g/mol. The van der Waals surface area contributed by atoms with E-state index < -0.39 is 0 Å². The van der Waals surface area contributed by atoms with Crippen LogP contribution in [0.4, 0.5) is 0 Å². The Morgan fingerprint density at radius 1 is 0.786 bits per heavy atom. The minimum atomic E-state index is 0.0943. The van der Waals surface area contributed by atoms with Crippen LogP contribution in [-0.4, -0.2) is 18.3 Å². The van der Waals surface area contributed by atoms with Crippen LogP contribution in [0.2, 0.25) is 0 Å². The SMILES string of the molecule is c1ccc([C@@H]2CN[C@@H](c3ccc4c(c3)OCO4)c3[nH]c4ccccc4c32)cc1. The van der Waals surface area contributed by atoms with Crippen LogP contribution in [0.15, 0.2) is 72.8 Å². The first-order valence-corrected chi connectivity index (χ1v) is 9.67. The highest BCUT2D eigenvalue weighted by atomic mass is 16.7. The second-order valence-electron chi connectivity index (χ2n) is 7.42. The molecule has 4 heteroatoms. The molecule has 28 heavy (non-hydrogen) atoms. The van der Waals surface area contributed by atoms with Crippen LogP contribution in [0, 0.1) is 0 Å². The highest BCUT2D eigenvalue weighted by molar-refractivity contribution is 5.86. The molecule has 0 saturated carbocycles. The third-order valence-electron chi connectivity index (χ3n) is 5.87. The minimum Gasteiger partial charge on any atom is -0.454 e. The maximum Gasteiger partial charge on any atom is 0.231 e. The van der Waals surface area contributed by atoms with Gasteiger partial charge in [-0.2, -0.15) is 0 Å². The van der Waals surface area contributed by atoms with Gasteiger partial charge < -0.3 is 19.8 Å². The fraction of sp³-hybridized carbons (Fsp3) is 0.167. The number of rotatable bonds is 2. The Balaban J connectivity index is 1.53. The molecule has 0 unspecified atom stereocenters. The number of aromatic amines is 1. The molecule has 0 fully saturated rings. The lowest BCUT2D eigenvalue weighted by Gasteiger charge is -2.31. The van der Waals surface area contributed by atoms with Crippen molar-refractivity contribution in [2.45, 2.75) is 12.0 Å².